The van der Waals surface area contributed by atoms with Gasteiger partial charge in [0.25, 0.3) is 0 Å². The second-order valence-electron chi connectivity index (χ2n) is 7.56. The van der Waals surface area contributed by atoms with Gasteiger partial charge in [-0.3, -0.25) is 15.0 Å². The second-order valence-corrected chi connectivity index (χ2v) is 7.56. The molecule has 2 rings (SSSR count). The van der Waals surface area contributed by atoms with Gasteiger partial charge in [0.1, 0.15) is 23.4 Å². The molecule has 12 nitrogen and oxygen atoms in total. The first-order valence-corrected chi connectivity index (χ1v) is 10.3. The lowest BCUT2D eigenvalue weighted by molar-refractivity contribution is -0.202. The summed E-state index contributed by atoms with van der Waals surface area (Å²) in [5, 5.41) is 18.4. The van der Waals surface area contributed by atoms with Crippen LogP contribution in [0.5, 0.6) is 5.75 Å². The summed E-state index contributed by atoms with van der Waals surface area (Å²) in [5.74, 6) is -8.93. The molecule has 0 aliphatic carbocycles. The van der Waals surface area contributed by atoms with E-state index >= 15 is 0 Å². The number of nitrogens with two attached hydrogens (primary N) is 1. The predicted molar refractivity (Wildman–Crippen MR) is 115 cm³/mol. The fourth-order valence-corrected chi connectivity index (χ4v) is 2.79. The maximum atomic E-state index is 12.3. The Labute approximate surface area is 206 Å². The van der Waals surface area contributed by atoms with Crippen molar-refractivity contribution in [3.63, 3.8) is 0 Å². The lowest BCUT2D eigenvalue weighted by atomic mass is 10.0. The molecule has 0 radical (unpaired) electrons. The van der Waals surface area contributed by atoms with Crippen LogP contribution in [0.15, 0.2) is 40.8 Å². The van der Waals surface area contributed by atoms with E-state index in [0.29, 0.717) is 5.56 Å². The van der Waals surface area contributed by atoms with E-state index < -0.39 is 60.8 Å². The number of rotatable bonds is 10. The van der Waals surface area contributed by atoms with E-state index in [1.165, 1.54) is 43.3 Å². The zero-order valence-corrected chi connectivity index (χ0v) is 19.0. The van der Waals surface area contributed by atoms with Gasteiger partial charge in [-0.25, -0.2) is 14.4 Å². The van der Waals surface area contributed by atoms with Crippen LogP contribution in [0.4, 0.5) is 13.2 Å². The van der Waals surface area contributed by atoms with Crippen LogP contribution in [-0.2, 0) is 23.9 Å². The van der Waals surface area contributed by atoms with Crippen molar-refractivity contribution in [3.8, 4) is 5.75 Å². The number of nitrogens with one attached hydrogen (secondary N) is 2. The van der Waals surface area contributed by atoms with Crippen LogP contribution in [-0.4, -0.2) is 52.9 Å². The van der Waals surface area contributed by atoms with Gasteiger partial charge in [0.05, 0.1) is 6.42 Å². The predicted octanol–water partition coefficient (Wildman–Crippen LogP) is 1.87. The quantitative estimate of drug-likeness (QED) is 0.116. The molecule has 0 saturated heterocycles. The molecule has 0 bridgehead atoms. The minimum Gasteiger partial charge on any atom is -0.480 e. The highest BCUT2D eigenvalue weighted by molar-refractivity contribution is 5.95. The van der Waals surface area contributed by atoms with E-state index in [2.05, 4.69) is 4.74 Å². The summed E-state index contributed by atoms with van der Waals surface area (Å²) in [6.07, 6.45) is -7.09. The highest BCUT2D eigenvalue weighted by Crippen LogP contribution is 2.23. The number of carboxylic acid groups (broad SMARTS) is 1. The molecule has 0 aliphatic heterocycles. The molecular weight excluding hydrogens is 507 g/mol. The zero-order valence-electron chi connectivity index (χ0n) is 19.0. The number of carboxylic acids is 1. The number of nitrogen functional groups attached to an aromatic ring is 1. The molecule has 37 heavy (non-hydrogen) atoms. The monoisotopic (exact) mass is 527 g/mol. The third-order valence-corrected chi connectivity index (χ3v) is 4.62. The molecule has 5 N–H and O–H groups in total. The fourth-order valence-electron chi connectivity index (χ4n) is 2.79. The SMILES string of the molecule is CC(CC(=O)N[C@H](CC(=O)OC(=O)C(F)(F)F)C(=O)O)c1ccc(C(=O)Oc2ccc(C(=N)N)cc2)o1. The third-order valence-electron chi connectivity index (χ3n) is 4.62. The van der Waals surface area contributed by atoms with Crippen LogP contribution < -0.4 is 15.8 Å². The largest absolute Gasteiger partial charge is 0.491 e. The molecule has 2 atom stereocenters. The van der Waals surface area contributed by atoms with Crippen LogP contribution in [0.1, 0.15) is 47.6 Å². The van der Waals surface area contributed by atoms with Gasteiger partial charge < -0.3 is 30.0 Å². The van der Waals surface area contributed by atoms with Crippen molar-refractivity contribution in [2.45, 2.75) is 37.9 Å². The Balaban J connectivity index is 1.94. The van der Waals surface area contributed by atoms with Crippen molar-refractivity contribution < 1.29 is 56.1 Å². The molecule has 1 heterocycles. The number of furan rings is 1. The Morgan fingerprint density at radius 3 is 2.24 bits per heavy atom. The van der Waals surface area contributed by atoms with Crippen molar-refractivity contribution >= 4 is 35.6 Å². The Morgan fingerprint density at radius 1 is 1.08 bits per heavy atom. The first-order chi connectivity index (χ1) is 17.2. The molecule has 15 heteroatoms. The van der Waals surface area contributed by atoms with E-state index in [0.717, 1.165) is 0 Å². The van der Waals surface area contributed by atoms with Gasteiger partial charge in [-0.05, 0) is 36.4 Å². The van der Waals surface area contributed by atoms with Crippen molar-refractivity contribution in [1.29, 1.82) is 5.41 Å². The number of hydrogen-bond acceptors (Lipinski definition) is 9. The number of hydrogen-bond donors (Lipinski definition) is 4. The van der Waals surface area contributed by atoms with E-state index in [-0.39, 0.29) is 23.1 Å². The number of alkyl halides is 3. The minimum absolute atomic E-state index is 0.149. The lowest BCUT2D eigenvalue weighted by Gasteiger charge is -2.15. The van der Waals surface area contributed by atoms with Gasteiger partial charge in [0.15, 0.2) is 0 Å². The van der Waals surface area contributed by atoms with E-state index in [9.17, 15) is 37.1 Å². The first-order valence-electron chi connectivity index (χ1n) is 10.3. The molecule has 198 valence electrons. The molecule has 0 aliphatic rings. The summed E-state index contributed by atoms with van der Waals surface area (Å²) in [6, 6.07) is 6.46. The molecule has 1 aromatic heterocycles. The van der Waals surface area contributed by atoms with Crippen molar-refractivity contribution in [2.75, 3.05) is 0 Å². The van der Waals surface area contributed by atoms with Gasteiger partial charge >= 0.3 is 30.1 Å². The number of ether oxygens (including phenoxy) is 2. The highest BCUT2D eigenvalue weighted by atomic mass is 19.4. The summed E-state index contributed by atoms with van der Waals surface area (Å²) in [4.78, 5) is 57.9. The van der Waals surface area contributed by atoms with E-state index in [1.807, 2.05) is 5.32 Å². The molecule has 1 aromatic carbocycles. The lowest BCUT2D eigenvalue weighted by Crippen LogP contribution is -2.43. The number of esters is 3. The van der Waals surface area contributed by atoms with Crippen LogP contribution in [0, 0.1) is 5.41 Å². The van der Waals surface area contributed by atoms with Crippen molar-refractivity contribution in [2.24, 2.45) is 5.73 Å². The van der Waals surface area contributed by atoms with Crippen LogP contribution in [0.3, 0.4) is 0 Å². The third kappa shape index (κ3) is 8.48. The molecule has 0 spiro atoms. The summed E-state index contributed by atoms with van der Waals surface area (Å²) in [5.41, 5.74) is 5.77. The number of amidine groups is 1. The molecule has 0 saturated carbocycles. The summed E-state index contributed by atoms with van der Waals surface area (Å²) >= 11 is 0. The van der Waals surface area contributed by atoms with Crippen LogP contribution >= 0.6 is 0 Å². The maximum absolute atomic E-state index is 12.3. The number of carbonyl (C=O) groups is 5. The van der Waals surface area contributed by atoms with Crippen LogP contribution in [0.2, 0.25) is 0 Å². The van der Waals surface area contributed by atoms with Gasteiger partial charge in [0, 0.05) is 17.9 Å². The van der Waals surface area contributed by atoms with E-state index in [4.69, 9.17) is 25.4 Å². The first kappa shape index (κ1) is 28.5. The number of halogens is 3. The van der Waals surface area contributed by atoms with Gasteiger partial charge in [0.2, 0.25) is 11.7 Å². The molecular formula is C22H20F3N3O9. The van der Waals surface area contributed by atoms with Gasteiger partial charge in [-0.15, -0.1) is 0 Å². The summed E-state index contributed by atoms with van der Waals surface area (Å²) in [6.45, 7) is 1.50. The average molecular weight is 527 g/mol. The number of carbonyl (C=O) groups excluding carboxylic acids is 4. The highest BCUT2D eigenvalue weighted by Gasteiger charge is 2.43. The zero-order chi connectivity index (χ0) is 27.9. The van der Waals surface area contributed by atoms with Gasteiger partial charge in [-0.2, -0.15) is 13.2 Å². The topological polar surface area (TPSA) is 199 Å². The molecule has 0 fully saturated rings. The maximum Gasteiger partial charge on any atom is 0.491 e. The molecule has 2 aromatic rings. The molecule has 1 amide bonds. The molecule has 1 unspecified atom stereocenters. The summed E-state index contributed by atoms with van der Waals surface area (Å²) in [7, 11) is 0. The van der Waals surface area contributed by atoms with E-state index in [1.54, 1.807) is 0 Å². The summed E-state index contributed by atoms with van der Waals surface area (Å²) < 4.78 is 50.5. The smallest absolute Gasteiger partial charge is 0.480 e. The Hall–Kier alpha value is -4.69. The number of amides is 1. The minimum atomic E-state index is -5.46. The average Bonchev–Trinajstić information content (AvgIpc) is 3.29. The second kappa shape index (κ2) is 11.8. The van der Waals surface area contributed by atoms with Gasteiger partial charge in [-0.1, -0.05) is 6.92 Å². The number of benzene rings is 1. The standard InChI is InChI=1S/C22H20F3N3O9/c1-10(8-16(29)28-13(19(31)32)9-17(30)37-21(34)22(23,24)25)14-6-7-15(36-14)20(33)35-12-4-2-11(3-5-12)18(26)27/h2-7,10,13H,8-9H2,1H3,(H3,26,27)(H,28,29)(H,31,32)/t10?,13-/m1/s1. The fraction of sp³-hybridized carbons (Fsp3) is 0.273. The van der Waals surface area contributed by atoms with Crippen molar-refractivity contribution in [1.82, 2.24) is 5.32 Å². The normalized spacial score (nSPS) is 12.6. The Kier molecular flexibility index (Phi) is 9.13. The van der Waals surface area contributed by atoms with Crippen molar-refractivity contribution in [3.05, 3.63) is 53.5 Å². The Bertz CT molecular complexity index is 1210. The number of aliphatic carboxylic acids is 1. The van der Waals surface area contributed by atoms with Crippen LogP contribution in [0.25, 0.3) is 0 Å². The Morgan fingerprint density at radius 2 is 1.70 bits per heavy atom.